The number of benzene rings is 1. The first-order valence-electron chi connectivity index (χ1n) is 5.94. The van der Waals surface area contributed by atoms with E-state index in [4.69, 9.17) is 16.1 Å². The molecule has 0 spiro atoms. The number of hydrogen-bond acceptors (Lipinski definition) is 4. The van der Waals surface area contributed by atoms with Gasteiger partial charge in [0.05, 0.1) is 11.4 Å². The molecule has 19 heavy (non-hydrogen) atoms. The molecule has 0 saturated heterocycles. The lowest BCUT2D eigenvalue weighted by atomic mass is 10.2. The number of rotatable bonds is 4. The van der Waals surface area contributed by atoms with Crippen LogP contribution in [-0.4, -0.2) is 15.9 Å². The van der Waals surface area contributed by atoms with Gasteiger partial charge < -0.3 is 4.52 Å². The molecule has 0 bridgehead atoms. The van der Waals surface area contributed by atoms with E-state index in [1.165, 1.54) is 18.2 Å². The maximum absolute atomic E-state index is 13.0. The Morgan fingerprint density at radius 1 is 1.47 bits per heavy atom. The highest BCUT2D eigenvalue weighted by atomic mass is 35.5. The molecule has 0 N–H and O–H groups in total. The Kier molecular flexibility index (Phi) is 3.06. The van der Waals surface area contributed by atoms with Gasteiger partial charge in [-0.25, -0.2) is 4.39 Å². The summed E-state index contributed by atoms with van der Waals surface area (Å²) in [6.07, 6.45) is 2.06. The van der Waals surface area contributed by atoms with Crippen LogP contribution in [0.3, 0.4) is 0 Å². The molecular weight excluding hydrogens is 271 g/mol. The smallest absolute Gasteiger partial charge is 0.234 e. The molecule has 1 aromatic heterocycles. The topological polar surface area (TPSA) is 56.0 Å². The Morgan fingerprint density at radius 3 is 2.95 bits per heavy atom. The van der Waals surface area contributed by atoms with Gasteiger partial charge in [-0.05, 0) is 31.0 Å². The second-order valence-corrected chi connectivity index (χ2v) is 4.97. The van der Waals surface area contributed by atoms with Crippen molar-refractivity contribution >= 4 is 17.4 Å². The van der Waals surface area contributed by atoms with Crippen molar-refractivity contribution in [3.63, 3.8) is 0 Å². The van der Waals surface area contributed by atoms with E-state index in [0.29, 0.717) is 11.4 Å². The third-order valence-corrected chi connectivity index (χ3v) is 3.29. The monoisotopic (exact) mass is 280 g/mol. The van der Waals surface area contributed by atoms with E-state index in [1.54, 1.807) is 0 Å². The minimum absolute atomic E-state index is 0.00194. The van der Waals surface area contributed by atoms with Crippen LogP contribution in [0.2, 0.25) is 5.02 Å². The second-order valence-electron chi connectivity index (χ2n) is 4.56. The molecule has 0 atom stereocenters. The zero-order valence-corrected chi connectivity index (χ0v) is 10.7. The van der Waals surface area contributed by atoms with Crippen molar-refractivity contribution in [1.29, 1.82) is 0 Å². The van der Waals surface area contributed by atoms with Crippen molar-refractivity contribution in [3.05, 3.63) is 34.9 Å². The van der Waals surface area contributed by atoms with Gasteiger partial charge >= 0.3 is 0 Å². The lowest BCUT2D eigenvalue weighted by molar-refractivity contribution is -0.119. The van der Waals surface area contributed by atoms with Crippen molar-refractivity contribution in [2.45, 2.75) is 19.3 Å². The molecule has 0 unspecified atom stereocenters. The van der Waals surface area contributed by atoms with E-state index in [0.717, 1.165) is 12.8 Å². The molecule has 1 heterocycles. The molecule has 4 nitrogen and oxygen atoms in total. The fourth-order valence-corrected chi connectivity index (χ4v) is 1.96. The Hall–Kier alpha value is -1.75. The number of hydrogen-bond donors (Lipinski definition) is 0. The number of nitrogens with zero attached hydrogens (tertiary/aromatic N) is 2. The van der Waals surface area contributed by atoms with E-state index < -0.39 is 5.82 Å². The summed E-state index contributed by atoms with van der Waals surface area (Å²) in [5, 5.41) is 3.77. The van der Waals surface area contributed by atoms with Crippen molar-refractivity contribution in [2.75, 3.05) is 0 Å². The third-order valence-electron chi connectivity index (χ3n) is 3.00. The van der Waals surface area contributed by atoms with E-state index in [1.807, 2.05) is 0 Å². The maximum atomic E-state index is 13.0. The van der Waals surface area contributed by atoms with Crippen LogP contribution < -0.4 is 0 Å². The summed E-state index contributed by atoms with van der Waals surface area (Å²) in [6, 6.07) is 4.18. The van der Waals surface area contributed by atoms with Gasteiger partial charge in [-0.1, -0.05) is 16.8 Å². The number of ketones is 1. The summed E-state index contributed by atoms with van der Waals surface area (Å²) in [5.41, 5.74) is 0.556. The largest absolute Gasteiger partial charge is 0.339 e. The molecule has 1 fully saturated rings. The van der Waals surface area contributed by atoms with Crippen LogP contribution in [0.25, 0.3) is 11.4 Å². The first-order chi connectivity index (χ1) is 9.13. The maximum Gasteiger partial charge on any atom is 0.234 e. The number of carbonyl (C=O) groups is 1. The number of carbonyl (C=O) groups excluding carboxylic acids is 1. The lowest BCUT2D eigenvalue weighted by Crippen LogP contribution is -2.04. The zero-order valence-electron chi connectivity index (χ0n) is 9.90. The average Bonchev–Trinajstić information content (AvgIpc) is 3.14. The first-order valence-corrected chi connectivity index (χ1v) is 6.32. The van der Waals surface area contributed by atoms with Gasteiger partial charge in [-0.2, -0.15) is 4.98 Å². The minimum Gasteiger partial charge on any atom is -0.339 e. The molecule has 0 aliphatic heterocycles. The normalized spacial score (nSPS) is 14.6. The number of aromatic nitrogens is 2. The fraction of sp³-hybridized carbons (Fsp3) is 0.308. The van der Waals surface area contributed by atoms with Gasteiger partial charge in [-0.15, -0.1) is 0 Å². The van der Waals surface area contributed by atoms with Gasteiger partial charge in [0.2, 0.25) is 11.7 Å². The van der Waals surface area contributed by atoms with Crippen LogP contribution in [0.5, 0.6) is 0 Å². The van der Waals surface area contributed by atoms with Crippen LogP contribution in [0.15, 0.2) is 22.7 Å². The molecule has 2 aromatic rings. The molecule has 0 amide bonds. The standard InChI is InChI=1S/C13H10ClFN2O2/c14-9-5-8(3-4-10(9)15)13-16-12(19-17-13)6-11(18)7-1-2-7/h3-5,7H,1-2,6H2. The van der Waals surface area contributed by atoms with Gasteiger partial charge in [-0.3, -0.25) is 4.79 Å². The van der Waals surface area contributed by atoms with Crippen LogP contribution in [0.4, 0.5) is 4.39 Å². The first kappa shape index (κ1) is 12.3. The highest BCUT2D eigenvalue weighted by Crippen LogP contribution is 2.31. The van der Waals surface area contributed by atoms with Crippen LogP contribution in [-0.2, 0) is 11.2 Å². The molecule has 98 valence electrons. The second kappa shape index (κ2) is 4.74. The Bertz CT molecular complexity index is 637. The average molecular weight is 281 g/mol. The van der Waals surface area contributed by atoms with E-state index in [9.17, 15) is 9.18 Å². The van der Waals surface area contributed by atoms with Crippen LogP contribution >= 0.6 is 11.6 Å². The summed E-state index contributed by atoms with van der Waals surface area (Å²) < 4.78 is 18.1. The highest BCUT2D eigenvalue weighted by Gasteiger charge is 2.30. The summed E-state index contributed by atoms with van der Waals surface area (Å²) in [6.45, 7) is 0. The van der Waals surface area contributed by atoms with Gasteiger partial charge in [0, 0.05) is 11.5 Å². The Labute approximate surface area is 113 Å². The summed E-state index contributed by atoms with van der Waals surface area (Å²) >= 11 is 5.69. The molecule has 0 radical (unpaired) electrons. The quantitative estimate of drug-likeness (QED) is 0.864. The van der Waals surface area contributed by atoms with E-state index in [-0.39, 0.29) is 29.0 Å². The summed E-state index contributed by atoms with van der Waals surface area (Å²) in [4.78, 5) is 15.7. The van der Waals surface area contributed by atoms with Crippen LogP contribution in [0, 0.1) is 11.7 Å². The molecule has 6 heteroatoms. The zero-order chi connectivity index (χ0) is 13.4. The van der Waals surface area contributed by atoms with E-state index >= 15 is 0 Å². The van der Waals surface area contributed by atoms with Crippen LogP contribution in [0.1, 0.15) is 18.7 Å². The molecular formula is C13H10ClFN2O2. The van der Waals surface area contributed by atoms with Gasteiger partial charge in [0.15, 0.2) is 0 Å². The predicted molar refractivity (Wildman–Crippen MR) is 66.1 cm³/mol. The fourth-order valence-electron chi connectivity index (χ4n) is 1.78. The highest BCUT2D eigenvalue weighted by molar-refractivity contribution is 6.31. The Morgan fingerprint density at radius 2 is 2.26 bits per heavy atom. The number of halogens is 2. The SMILES string of the molecule is O=C(Cc1nc(-c2ccc(F)c(Cl)c2)no1)C1CC1. The summed E-state index contributed by atoms with van der Waals surface area (Å²) in [7, 11) is 0. The van der Waals surface area contributed by atoms with Crippen molar-refractivity contribution < 1.29 is 13.7 Å². The molecule has 1 saturated carbocycles. The third kappa shape index (κ3) is 2.66. The summed E-state index contributed by atoms with van der Waals surface area (Å²) in [5.74, 6) is 0.383. The molecule has 3 rings (SSSR count). The lowest BCUT2D eigenvalue weighted by Gasteiger charge is -1.96. The van der Waals surface area contributed by atoms with Gasteiger partial charge in [0.25, 0.3) is 0 Å². The predicted octanol–water partition coefficient (Wildman–Crippen LogP) is 3.05. The Balaban J connectivity index is 1.79. The van der Waals surface area contributed by atoms with Crippen molar-refractivity contribution in [3.8, 4) is 11.4 Å². The number of Topliss-reactive ketones (excluding diaryl/α,β-unsaturated/α-hetero) is 1. The van der Waals surface area contributed by atoms with E-state index in [2.05, 4.69) is 10.1 Å². The van der Waals surface area contributed by atoms with Crippen molar-refractivity contribution in [1.82, 2.24) is 10.1 Å². The molecule has 1 aliphatic carbocycles. The molecule has 1 aliphatic rings. The minimum atomic E-state index is -0.502. The van der Waals surface area contributed by atoms with Gasteiger partial charge in [0.1, 0.15) is 11.6 Å². The molecule has 1 aromatic carbocycles. The van der Waals surface area contributed by atoms with Crippen molar-refractivity contribution in [2.24, 2.45) is 5.92 Å².